The van der Waals surface area contributed by atoms with Crippen molar-refractivity contribution in [1.82, 2.24) is 9.71 Å². The van der Waals surface area contributed by atoms with E-state index >= 15 is 0 Å². The normalized spacial score (nSPS) is 11.8. The summed E-state index contributed by atoms with van der Waals surface area (Å²) in [5.41, 5.74) is 3.16. The van der Waals surface area contributed by atoms with E-state index < -0.39 is 10.0 Å². The number of ether oxygens (including phenoxy) is 1. The first-order chi connectivity index (χ1) is 11.5. The first-order valence-corrected chi connectivity index (χ1v) is 9.19. The van der Waals surface area contributed by atoms with Gasteiger partial charge in [-0.3, -0.25) is 0 Å². The van der Waals surface area contributed by atoms with E-state index in [0.717, 1.165) is 27.9 Å². The fourth-order valence-corrected chi connectivity index (χ4v) is 3.86. The maximum atomic E-state index is 12.3. The molecule has 24 heavy (non-hydrogen) atoms. The van der Waals surface area contributed by atoms with Crippen LogP contribution in [0.1, 0.15) is 11.3 Å². The Hall–Kier alpha value is -2.31. The highest BCUT2D eigenvalue weighted by molar-refractivity contribution is 7.89. The van der Waals surface area contributed by atoms with Crippen LogP contribution < -0.4 is 9.46 Å². The van der Waals surface area contributed by atoms with Crippen molar-refractivity contribution in [1.29, 1.82) is 0 Å². The molecule has 0 saturated heterocycles. The van der Waals surface area contributed by atoms with Gasteiger partial charge in [-0.25, -0.2) is 13.1 Å². The Morgan fingerprint density at radius 2 is 1.88 bits per heavy atom. The molecule has 2 N–H and O–H groups in total. The molecule has 0 radical (unpaired) electrons. The van der Waals surface area contributed by atoms with Gasteiger partial charge in [-0.2, -0.15) is 0 Å². The van der Waals surface area contributed by atoms with Crippen LogP contribution in [0.25, 0.3) is 10.9 Å². The third-order valence-corrected chi connectivity index (χ3v) is 5.52. The molecule has 0 aliphatic heterocycles. The molecule has 0 fully saturated rings. The van der Waals surface area contributed by atoms with Crippen LogP contribution in [0.4, 0.5) is 0 Å². The number of aryl methyl sites for hydroxylation is 1. The Labute approximate surface area is 141 Å². The minimum atomic E-state index is -3.48. The van der Waals surface area contributed by atoms with E-state index in [-0.39, 0.29) is 4.90 Å². The number of hydrogen-bond acceptors (Lipinski definition) is 3. The summed E-state index contributed by atoms with van der Waals surface area (Å²) in [6.45, 7) is 2.33. The second-order valence-corrected chi connectivity index (χ2v) is 7.37. The van der Waals surface area contributed by atoms with Gasteiger partial charge in [-0.05, 0) is 49.2 Å². The lowest BCUT2D eigenvalue weighted by Gasteiger charge is -2.07. The molecule has 5 nitrogen and oxygen atoms in total. The fourth-order valence-electron chi connectivity index (χ4n) is 2.80. The van der Waals surface area contributed by atoms with Gasteiger partial charge in [0.15, 0.2) is 0 Å². The molecular weight excluding hydrogens is 324 g/mol. The Balaban J connectivity index is 1.78. The lowest BCUT2D eigenvalue weighted by atomic mass is 10.1. The molecule has 0 aliphatic rings. The van der Waals surface area contributed by atoms with E-state index in [4.69, 9.17) is 4.74 Å². The summed E-state index contributed by atoms with van der Waals surface area (Å²) in [5, 5.41) is 1.06. The van der Waals surface area contributed by atoms with Crippen molar-refractivity contribution >= 4 is 20.9 Å². The molecule has 0 spiro atoms. The van der Waals surface area contributed by atoms with Gasteiger partial charge >= 0.3 is 0 Å². The maximum absolute atomic E-state index is 12.3. The number of H-pyrrole nitrogens is 1. The van der Waals surface area contributed by atoms with Crippen molar-refractivity contribution < 1.29 is 13.2 Å². The van der Waals surface area contributed by atoms with Crippen molar-refractivity contribution in [3.05, 3.63) is 59.8 Å². The van der Waals surface area contributed by atoms with E-state index in [0.29, 0.717) is 13.0 Å². The smallest absolute Gasteiger partial charge is 0.240 e. The summed E-state index contributed by atoms with van der Waals surface area (Å²) in [6, 6.07) is 14.2. The zero-order chi connectivity index (χ0) is 17.2. The molecule has 2 aromatic carbocycles. The third kappa shape index (κ3) is 3.29. The fraction of sp³-hybridized carbons (Fsp3) is 0.222. The van der Waals surface area contributed by atoms with Gasteiger partial charge in [0.1, 0.15) is 5.75 Å². The van der Waals surface area contributed by atoms with E-state index in [1.165, 1.54) is 0 Å². The van der Waals surface area contributed by atoms with Crippen LogP contribution >= 0.6 is 0 Å². The van der Waals surface area contributed by atoms with Crippen LogP contribution in [0, 0.1) is 6.92 Å². The number of methoxy groups -OCH3 is 1. The van der Waals surface area contributed by atoms with E-state index in [2.05, 4.69) is 9.71 Å². The highest BCUT2D eigenvalue weighted by Gasteiger charge is 2.14. The van der Waals surface area contributed by atoms with Gasteiger partial charge in [0, 0.05) is 23.1 Å². The van der Waals surface area contributed by atoms with Crippen LogP contribution in [0.15, 0.2) is 53.4 Å². The van der Waals surface area contributed by atoms with Crippen LogP contribution in [0.2, 0.25) is 0 Å². The van der Waals surface area contributed by atoms with Gasteiger partial charge in [0.2, 0.25) is 10.0 Å². The lowest BCUT2D eigenvalue weighted by molar-refractivity contribution is 0.415. The molecule has 0 saturated carbocycles. The van der Waals surface area contributed by atoms with Crippen LogP contribution in [-0.4, -0.2) is 27.1 Å². The largest absolute Gasteiger partial charge is 0.497 e. The van der Waals surface area contributed by atoms with Crippen molar-refractivity contribution in [2.45, 2.75) is 18.2 Å². The SMILES string of the molecule is COc1ccc2[nH]c(C)c(CCNS(=O)(=O)c3ccccc3)c2c1. The second kappa shape index (κ2) is 6.67. The molecular formula is C18H20N2O3S. The zero-order valence-electron chi connectivity index (χ0n) is 13.7. The zero-order valence-corrected chi connectivity index (χ0v) is 14.5. The van der Waals surface area contributed by atoms with E-state index in [1.54, 1.807) is 37.4 Å². The third-order valence-electron chi connectivity index (χ3n) is 4.05. The molecule has 126 valence electrons. The predicted molar refractivity (Wildman–Crippen MR) is 94.9 cm³/mol. The Kier molecular flexibility index (Phi) is 4.59. The first kappa shape index (κ1) is 16.5. The summed E-state index contributed by atoms with van der Waals surface area (Å²) in [6.07, 6.45) is 0.602. The van der Waals surface area contributed by atoms with Crippen LogP contribution in [-0.2, 0) is 16.4 Å². The van der Waals surface area contributed by atoms with Crippen LogP contribution in [0.3, 0.4) is 0 Å². The Bertz CT molecular complexity index is 947. The Morgan fingerprint density at radius 1 is 1.12 bits per heavy atom. The lowest BCUT2D eigenvalue weighted by Crippen LogP contribution is -2.26. The van der Waals surface area contributed by atoms with Crippen LogP contribution in [0.5, 0.6) is 5.75 Å². The number of benzene rings is 2. The molecule has 0 unspecified atom stereocenters. The Morgan fingerprint density at radius 3 is 2.58 bits per heavy atom. The molecule has 0 amide bonds. The summed E-state index contributed by atoms with van der Waals surface area (Å²) < 4.78 is 32.5. The average molecular weight is 344 g/mol. The quantitative estimate of drug-likeness (QED) is 0.722. The molecule has 6 heteroatoms. The summed E-state index contributed by atoms with van der Waals surface area (Å²) in [7, 11) is -1.84. The van der Waals surface area contributed by atoms with Crippen molar-refractivity contribution in [2.75, 3.05) is 13.7 Å². The molecule has 1 aromatic heterocycles. The summed E-state index contributed by atoms with van der Waals surface area (Å²) in [4.78, 5) is 3.60. The number of sulfonamides is 1. The van der Waals surface area contributed by atoms with Crippen molar-refractivity contribution in [3.63, 3.8) is 0 Å². The van der Waals surface area contributed by atoms with Gasteiger partial charge in [0.05, 0.1) is 12.0 Å². The first-order valence-electron chi connectivity index (χ1n) is 7.71. The van der Waals surface area contributed by atoms with Gasteiger partial charge in [0.25, 0.3) is 0 Å². The number of fused-ring (bicyclic) bond motifs is 1. The van der Waals surface area contributed by atoms with Crippen molar-refractivity contribution in [2.24, 2.45) is 0 Å². The average Bonchev–Trinajstić information content (AvgIpc) is 2.90. The number of nitrogens with one attached hydrogen (secondary N) is 2. The minimum Gasteiger partial charge on any atom is -0.497 e. The summed E-state index contributed by atoms with van der Waals surface area (Å²) >= 11 is 0. The number of aromatic amines is 1. The van der Waals surface area contributed by atoms with Gasteiger partial charge in [-0.15, -0.1) is 0 Å². The molecule has 1 heterocycles. The standard InChI is InChI=1S/C18H20N2O3S/c1-13-16(17-12-14(23-2)8-9-18(17)20-13)10-11-19-24(21,22)15-6-4-3-5-7-15/h3-9,12,19-20H,10-11H2,1-2H3. The molecule has 3 aromatic rings. The monoisotopic (exact) mass is 344 g/mol. The maximum Gasteiger partial charge on any atom is 0.240 e. The second-order valence-electron chi connectivity index (χ2n) is 5.60. The highest BCUT2D eigenvalue weighted by Crippen LogP contribution is 2.26. The highest BCUT2D eigenvalue weighted by atomic mass is 32.2. The van der Waals surface area contributed by atoms with E-state index in [1.807, 2.05) is 25.1 Å². The number of rotatable bonds is 6. The molecule has 0 bridgehead atoms. The van der Waals surface area contributed by atoms with Gasteiger partial charge in [-0.1, -0.05) is 18.2 Å². The van der Waals surface area contributed by atoms with Crippen molar-refractivity contribution in [3.8, 4) is 5.75 Å². The predicted octanol–water partition coefficient (Wildman–Crippen LogP) is 3.01. The molecule has 0 aliphatic carbocycles. The molecule has 3 rings (SSSR count). The van der Waals surface area contributed by atoms with Gasteiger partial charge < -0.3 is 9.72 Å². The topological polar surface area (TPSA) is 71.2 Å². The summed E-state index contributed by atoms with van der Waals surface area (Å²) in [5.74, 6) is 0.785. The minimum absolute atomic E-state index is 0.280. The van der Waals surface area contributed by atoms with E-state index in [9.17, 15) is 8.42 Å². The number of aromatic nitrogens is 1. The number of hydrogen-bond donors (Lipinski definition) is 2. The molecule has 0 atom stereocenters.